The molecule has 1 N–H and O–H groups in total. The minimum absolute atomic E-state index is 0.0542. The predicted molar refractivity (Wildman–Crippen MR) is 120 cm³/mol. The molecule has 7 heteroatoms. The van der Waals surface area contributed by atoms with E-state index in [4.69, 9.17) is 11.6 Å². The maximum atomic E-state index is 12.6. The molecule has 2 heterocycles. The highest BCUT2D eigenvalue weighted by molar-refractivity contribution is 6.31. The van der Waals surface area contributed by atoms with Crippen LogP contribution in [0, 0.1) is 13.8 Å². The lowest BCUT2D eigenvalue weighted by Gasteiger charge is -2.08. The summed E-state index contributed by atoms with van der Waals surface area (Å²) in [6.07, 6.45) is 2.99. The Morgan fingerprint density at radius 2 is 1.87 bits per heavy atom. The van der Waals surface area contributed by atoms with Crippen LogP contribution in [0.2, 0.25) is 5.02 Å². The SMILES string of the molecule is Cc1nn(CCc2ccccc2)c(C)c1NC(=O)CCn1ncc2cc(Cl)ccc21. The average Bonchev–Trinajstić information content (AvgIpc) is 3.26. The molecule has 0 aliphatic carbocycles. The van der Waals surface area contributed by atoms with Crippen LogP contribution < -0.4 is 5.32 Å². The first-order valence-electron chi connectivity index (χ1n) is 10.00. The summed E-state index contributed by atoms with van der Waals surface area (Å²) in [5, 5.41) is 13.7. The van der Waals surface area contributed by atoms with Gasteiger partial charge in [-0.05, 0) is 44.0 Å². The fourth-order valence-corrected chi connectivity index (χ4v) is 3.80. The molecule has 2 aromatic carbocycles. The van der Waals surface area contributed by atoms with Crippen LogP contribution in [0.25, 0.3) is 10.9 Å². The number of carbonyl (C=O) groups excluding carboxylic acids is 1. The average molecular weight is 422 g/mol. The Hall–Kier alpha value is -3.12. The Morgan fingerprint density at radius 3 is 2.67 bits per heavy atom. The van der Waals surface area contributed by atoms with Crippen LogP contribution in [0.15, 0.2) is 54.7 Å². The first-order valence-corrected chi connectivity index (χ1v) is 10.4. The predicted octanol–water partition coefficient (Wildman–Crippen LogP) is 4.77. The molecule has 0 unspecified atom stereocenters. The van der Waals surface area contributed by atoms with Crippen LogP contribution in [0.3, 0.4) is 0 Å². The lowest BCUT2D eigenvalue weighted by Crippen LogP contribution is -2.16. The largest absolute Gasteiger partial charge is 0.323 e. The molecule has 4 rings (SSSR count). The van der Waals surface area contributed by atoms with Gasteiger partial charge >= 0.3 is 0 Å². The minimum atomic E-state index is -0.0542. The summed E-state index contributed by atoms with van der Waals surface area (Å²) in [7, 11) is 0. The standard InChI is InChI=1S/C23H24ClN5O/c1-16-23(17(2)28(27-16)12-10-18-6-4-3-5-7-18)26-22(30)11-13-29-21-9-8-20(24)14-19(21)15-25-29/h3-9,14-15H,10-13H2,1-2H3,(H,26,30). The second kappa shape index (κ2) is 8.71. The zero-order valence-electron chi connectivity index (χ0n) is 17.1. The van der Waals surface area contributed by atoms with E-state index in [0.29, 0.717) is 18.0 Å². The smallest absolute Gasteiger partial charge is 0.226 e. The summed E-state index contributed by atoms with van der Waals surface area (Å²) >= 11 is 6.03. The third-order valence-electron chi connectivity index (χ3n) is 5.26. The van der Waals surface area contributed by atoms with E-state index in [9.17, 15) is 4.79 Å². The Balaban J connectivity index is 1.38. The van der Waals surface area contributed by atoms with E-state index >= 15 is 0 Å². The maximum absolute atomic E-state index is 12.6. The van der Waals surface area contributed by atoms with Crippen molar-refractivity contribution in [3.63, 3.8) is 0 Å². The van der Waals surface area contributed by atoms with Gasteiger partial charge in [0.15, 0.2) is 0 Å². The van der Waals surface area contributed by atoms with E-state index in [-0.39, 0.29) is 5.91 Å². The lowest BCUT2D eigenvalue weighted by molar-refractivity contribution is -0.116. The van der Waals surface area contributed by atoms with E-state index < -0.39 is 0 Å². The number of hydrogen-bond donors (Lipinski definition) is 1. The number of hydrogen-bond acceptors (Lipinski definition) is 3. The Kier molecular flexibility index (Phi) is 5.86. The van der Waals surface area contributed by atoms with Gasteiger partial charge in [0, 0.05) is 23.4 Å². The second-order valence-corrected chi connectivity index (χ2v) is 7.81. The van der Waals surface area contributed by atoms with Gasteiger partial charge in [-0.15, -0.1) is 0 Å². The summed E-state index contributed by atoms with van der Waals surface area (Å²) in [4.78, 5) is 12.6. The number of amides is 1. The van der Waals surface area contributed by atoms with Crippen LogP contribution in [-0.2, 0) is 24.3 Å². The summed E-state index contributed by atoms with van der Waals surface area (Å²) in [5.41, 5.74) is 4.82. The molecular weight excluding hydrogens is 398 g/mol. The number of rotatable bonds is 7. The number of nitrogens with zero attached hydrogens (tertiary/aromatic N) is 4. The summed E-state index contributed by atoms with van der Waals surface area (Å²) in [5.74, 6) is -0.0542. The van der Waals surface area contributed by atoms with Gasteiger partial charge in [0.1, 0.15) is 0 Å². The van der Waals surface area contributed by atoms with E-state index in [0.717, 1.165) is 40.9 Å². The monoisotopic (exact) mass is 421 g/mol. The van der Waals surface area contributed by atoms with Crippen molar-refractivity contribution in [2.24, 2.45) is 0 Å². The van der Waals surface area contributed by atoms with Crippen molar-refractivity contribution in [3.05, 3.63) is 76.7 Å². The molecule has 0 radical (unpaired) electrons. The van der Waals surface area contributed by atoms with Gasteiger partial charge in [-0.1, -0.05) is 41.9 Å². The number of aromatic nitrogens is 4. The molecule has 30 heavy (non-hydrogen) atoms. The number of aryl methyl sites for hydroxylation is 4. The number of carbonyl (C=O) groups is 1. The minimum Gasteiger partial charge on any atom is -0.323 e. The molecular formula is C23H24ClN5O. The van der Waals surface area contributed by atoms with Crippen molar-refractivity contribution in [1.82, 2.24) is 19.6 Å². The summed E-state index contributed by atoms with van der Waals surface area (Å²) in [6, 6.07) is 16.0. The van der Waals surface area contributed by atoms with Crippen molar-refractivity contribution in [2.75, 3.05) is 5.32 Å². The molecule has 0 bridgehead atoms. The van der Waals surface area contributed by atoms with Crippen molar-refractivity contribution < 1.29 is 4.79 Å². The van der Waals surface area contributed by atoms with Crippen LogP contribution in [-0.4, -0.2) is 25.5 Å². The zero-order valence-corrected chi connectivity index (χ0v) is 17.9. The van der Waals surface area contributed by atoms with Crippen molar-refractivity contribution in [1.29, 1.82) is 0 Å². The normalized spacial score (nSPS) is 11.2. The first-order chi connectivity index (χ1) is 14.5. The molecule has 6 nitrogen and oxygen atoms in total. The highest BCUT2D eigenvalue weighted by Crippen LogP contribution is 2.21. The summed E-state index contributed by atoms with van der Waals surface area (Å²) in [6.45, 7) is 5.18. The van der Waals surface area contributed by atoms with Gasteiger partial charge in [-0.25, -0.2) is 0 Å². The number of fused-ring (bicyclic) bond motifs is 1. The van der Waals surface area contributed by atoms with Crippen LogP contribution in [0.5, 0.6) is 0 Å². The molecule has 0 atom stereocenters. The Bertz CT molecular complexity index is 1180. The maximum Gasteiger partial charge on any atom is 0.226 e. The van der Waals surface area contributed by atoms with E-state index in [1.54, 1.807) is 6.20 Å². The highest BCUT2D eigenvalue weighted by Gasteiger charge is 2.15. The fraction of sp³-hybridized carbons (Fsp3) is 0.261. The van der Waals surface area contributed by atoms with Gasteiger partial charge in [-0.2, -0.15) is 10.2 Å². The van der Waals surface area contributed by atoms with Crippen LogP contribution in [0.4, 0.5) is 5.69 Å². The molecule has 0 aliphatic heterocycles. The zero-order chi connectivity index (χ0) is 21.1. The molecule has 4 aromatic rings. The van der Waals surface area contributed by atoms with Gasteiger partial charge in [0.2, 0.25) is 5.91 Å². The molecule has 0 aliphatic rings. The fourth-order valence-electron chi connectivity index (χ4n) is 3.62. The highest BCUT2D eigenvalue weighted by atomic mass is 35.5. The Morgan fingerprint density at radius 1 is 1.07 bits per heavy atom. The van der Waals surface area contributed by atoms with Crippen LogP contribution >= 0.6 is 11.6 Å². The number of halogens is 1. The molecule has 0 spiro atoms. The molecule has 0 fully saturated rings. The van der Waals surface area contributed by atoms with Gasteiger partial charge in [0.25, 0.3) is 0 Å². The summed E-state index contributed by atoms with van der Waals surface area (Å²) < 4.78 is 3.79. The van der Waals surface area contributed by atoms with Crippen LogP contribution in [0.1, 0.15) is 23.4 Å². The van der Waals surface area contributed by atoms with Gasteiger partial charge in [0.05, 0.1) is 35.3 Å². The molecule has 0 saturated carbocycles. The first kappa shape index (κ1) is 20.2. The topological polar surface area (TPSA) is 64.7 Å². The molecule has 1 amide bonds. The molecule has 154 valence electrons. The van der Waals surface area contributed by atoms with Crippen molar-refractivity contribution >= 4 is 34.1 Å². The lowest BCUT2D eigenvalue weighted by atomic mass is 10.1. The van der Waals surface area contributed by atoms with Gasteiger partial charge < -0.3 is 5.32 Å². The van der Waals surface area contributed by atoms with Crippen molar-refractivity contribution in [2.45, 2.75) is 39.8 Å². The Labute approximate surface area is 180 Å². The third-order valence-corrected chi connectivity index (χ3v) is 5.49. The van der Waals surface area contributed by atoms with Crippen molar-refractivity contribution in [3.8, 4) is 0 Å². The third kappa shape index (κ3) is 4.39. The second-order valence-electron chi connectivity index (χ2n) is 7.37. The number of anilines is 1. The number of benzene rings is 2. The quantitative estimate of drug-likeness (QED) is 0.467. The van der Waals surface area contributed by atoms with Gasteiger partial charge in [-0.3, -0.25) is 14.2 Å². The molecule has 0 saturated heterocycles. The number of nitrogens with one attached hydrogen (secondary N) is 1. The molecule has 2 aromatic heterocycles. The van der Waals surface area contributed by atoms with E-state index in [1.165, 1.54) is 5.56 Å². The van der Waals surface area contributed by atoms with E-state index in [1.807, 2.05) is 59.6 Å². The van der Waals surface area contributed by atoms with E-state index in [2.05, 4.69) is 27.6 Å².